The molecule has 0 saturated carbocycles. The van der Waals surface area contributed by atoms with Gasteiger partial charge in [-0.15, -0.1) is 0 Å². The number of hydrogen-bond acceptors (Lipinski definition) is 5. The van der Waals surface area contributed by atoms with Crippen LogP contribution in [0.1, 0.15) is 27.7 Å². The molecule has 0 aromatic rings. The van der Waals surface area contributed by atoms with Crippen LogP contribution in [0.25, 0.3) is 0 Å². The van der Waals surface area contributed by atoms with Crippen molar-refractivity contribution in [1.82, 2.24) is 5.32 Å². The van der Waals surface area contributed by atoms with Crippen LogP contribution in [0.4, 0.5) is 0 Å². The van der Waals surface area contributed by atoms with Crippen LogP contribution in [0.3, 0.4) is 0 Å². The van der Waals surface area contributed by atoms with Gasteiger partial charge >= 0.3 is 11.9 Å². The van der Waals surface area contributed by atoms with Gasteiger partial charge in [0.25, 0.3) is 0 Å². The number of esters is 2. The largest absolute Gasteiger partial charge is 0.468 e. The first-order chi connectivity index (χ1) is 6.76. The van der Waals surface area contributed by atoms with Gasteiger partial charge in [-0.1, -0.05) is 0 Å². The lowest BCUT2D eigenvalue weighted by molar-refractivity contribution is -0.157. The Morgan fingerprint density at radius 1 is 1.33 bits per heavy atom. The fourth-order valence-electron chi connectivity index (χ4n) is 0.782. The van der Waals surface area contributed by atoms with Crippen LogP contribution in [0.15, 0.2) is 0 Å². The summed E-state index contributed by atoms with van der Waals surface area (Å²) >= 11 is 0. The Balaban J connectivity index is 3.95. The van der Waals surface area contributed by atoms with Gasteiger partial charge in [-0.2, -0.15) is 0 Å². The second kappa shape index (κ2) is 5.70. The Bertz CT molecular complexity index is 232. The van der Waals surface area contributed by atoms with Gasteiger partial charge in [0.2, 0.25) is 0 Å². The summed E-state index contributed by atoms with van der Waals surface area (Å²) in [6, 6.07) is -0.525. The molecule has 0 fully saturated rings. The van der Waals surface area contributed by atoms with Gasteiger partial charge in [0.15, 0.2) is 0 Å². The van der Waals surface area contributed by atoms with Crippen LogP contribution in [-0.4, -0.2) is 37.2 Å². The molecule has 0 aliphatic carbocycles. The lowest BCUT2D eigenvalue weighted by atomic mass is 10.2. The molecule has 88 valence electrons. The molecular formula is C10H19NO4. The molecule has 0 radical (unpaired) electrons. The number of nitrogens with one attached hydrogen (secondary N) is 1. The SMILES string of the molecule is COC(=O)CN[C@@H](C)C(=O)OC(C)(C)C. The monoisotopic (exact) mass is 217 g/mol. The highest BCUT2D eigenvalue weighted by Gasteiger charge is 2.21. The maximum Gasteiger partial charge on any atom is 0.323 e. The van der Waals surface area contributed by atoms with Gasteiger partial charge in [0, 0.05) is 0 Å². The summed E-state index contributed by atoms with van der Waals surface area (Å²) in [7, 11) is 1.29. The molecule has 0 aromatic heterocycles. The van der Waals surface area contributed by atoms with Crippen LogP contribution in [-0.2, 0) is 19.1 Å². The van der Waals surface area contributed by atoms with Gasteiger partial charge in [0.1, 0.15) is 11.6 Å². The molecule has 0 spiro atoms. The molecule has 1 N–H and O–H groups in total. The lowest BCUT2D eigenvalue weighted by Gasteiger charge is -2.22. The van der Waals surface area contributed by atoms with E-state index in [0.717, 1.165) is 0 Å². The van der Waals surface area contributed by atoms with E-state index in [1.165, 1.54) is 7.11 Å². The van der Waals surface area contributed by atoms with Crippen molar-refractivity contribution < 1.29 is 19.1 Å². The van der Waals surface area contributed by atoms with E-state index in [4.69, 9.17) is 4.74 Å². The van der Waals surface area contributed by atoms with E-state index in [9.17, 15) is 9.59 Å². The molecule has 0 aliphatic rings. The van der Waals surface area contributed by atoms with Crippen molar-refractivity contribution in [2.75, 3.05) is 13.7 Å². The third-order valence-electron chi connectivity index (χ3n) is 1.54. The van der Waals surface area contributed by atoms with Crippen LogP contribution in [0.5, 0.6) is 0 Å². The first kappa shape index (κ1) is 13.9. The van der Waals surface area contributed by atoms with E-state index >= 15 is 0 Å². The van der Waals surface area contributed by atoms with Gasteiger partial charge < -0.3 is 9.47 Å². The molecule has 0 aromatic carbocycles. The second-order valence-corrected chi connectivity index (χ2v) is 4.21. The van der Waals surface area contributed by atoms with E-state index in [1.807, 2.05) is 0 Å². The van der Waals surface area contributed by atoms with Gasteiger partial charge in [0.05, 0.1) is 13.7 Å². The molecule has 15 heavy (non-hydrogen) atoms. The molecule has 1 atom stereocenters. The smallest absolute Gasteiger partial charge is 0.323 e. The van der Waals surface area contributed by atoms with Gasteiger partial charge in [-0.3, -0.25) is 14.9 Å². The number of methoxy groups -OCH3 is 1. The first-order valence-corrected chi connectivity index (χ1v) is 4.79. The van der Waals surface area contributed by atoms with Crippen molar-refractivity contribution >= 4 is 11.9 Å². The number of ether oxygens (including phenoxy) is 2. The molecule has 0 aliphatic heterocycles. The highest BCUT2D eigenvalue weighted by atomic mass is 16.6. The summed E-state index contributed by atoms with van der Waals surface area (Å²) in [5, 5.41) is 2.71. The summed E-state index contributed by atoms with van der Waals surface area (Å²) in [5.41, 5.74) is -0.516. The number of carbonyl (C=O) groups excluding carboxylic acids is 2. The Labute approximate surface area is 90.1 Å². The molecule has 0 unspecified atom stereocenters. The molecular weight excluding hydrogens is 198 g/mol. The van der Waals surface area contributed by atoms with Crippen molar-refractivity contribution in [2.24, 2.45) is 0 Å². The number of rotatable bonds is 4. The van der Waals surface area contributed by atoms with Crippen molar-refractivity contribution in [2.45, 2.75) is 39.3 Å². The molecule has 0 heterocycles. The third kappa shape index (κ3) is 6.90. The van der Waals surface area contributed by atoms with Gasteiger partial charge in [-0.25, -0.2) is 0 Å². The summed E-state index contributed by atoms with van der Waals surface area (Å²) < 4.78 is 9.54. The van der Waals surface area contributed by atoms with Crippen molar-refractivity contribution in [1.29, 1.82) is 0 Å². The average molecular weight is 217 g/mol. The average Bonchev–Trinajstić information content (AvgIpc) is 2.10. The predicted octanol–water partition coefficient (Wildman–Crippen LogP) is 0.479. The standard InChI is InChI=1S/C10H19NO4/c1-7(11-6-8(12)14-5)9(13)15-10(2,3)4/h7,11H,6H2,1-5H3/t7-/m0/s1. The number of carbonyl (C=O) groups is 2. The van der Waals surface area contributed by atoms with Crippen LogP contribution in [0, 0.1) is 0 Å². The van der Waals surface area contributed by atoms with E-state index in [-0.39, 0.29) is 12.5 Å². The van der Waals surface area contributed by atoms with Crippen molar-refractivity contribution in [3.63, 3.8) is 0 Å². The zero-order valence-electron chi connectivity index (χ0n) is 9.92. The summed E-state index contributed by atoms with van der Waals surface area (Å²) in [5.74, 6) is -0.795. The highest BCUT2D eigenvalue weighted by Crippen LogP contribution is 2.08. The molecule has 0 rings (SSSR count). The second-order valence-electron chi connectivity index (χ2n) is 4.21. The normalized spacial score (nSPS) is 13.1. The zero-order valence-corrected chi connectivity index (χ0v) is 9.92. The predicted molar refractivity (Wildman–Crippen MR) is 55.3 cm³/mol. The van der Waals surface area contributed by atoms with Crippen molar-refractivity contribution in [3.05, 3.63) is 0 Å². The molecule has 0 saturated heterocycles. The highest BCUT2D eigenvalue weighted by molar-refractivity contribution is 5.77. The van der Waals surface area contributed by atoms with Crippen LogP contribution >= 0.6 is 0 Å². The molecule has 5 nitrogen and oxygen atoms in total. The van der Waals surface area contributed by atoms with E-state index in [1.54, 1.807) is 27.7 Å². The van der Waals surface area contributed by atoms with E-state index in [2.05, 4.69) is 10.1 Å². The lowest BCUT2D eigenvalue weighted by Crippen LogP contribution is -2.41. The molecule has 0 amide bonds. The molecule has 0 bridgehead atoms. The van der Waals surface area contributed by atoms with Crippen LogP contribution in [0.2, 0.25) is 0 Å². The summed E-state index contributed by atoms with van der Waals surface area (Å²) in [4.78, 5) is 22.2. The Kier molecular flexibility index (Phi) is 5.28. The Morgan fingerprint density at radius 2 is 1.87 bits per heavy atom. The quantitative estimate of drug-likeness (QED) is 0.694. The maximum atomic E-state index is 11.4. The fraction of sp³-hybridized carbons (Fsp3) is 0.800. The minimum absolute atomic E-state index is 0.00307. The maximum absolute atomic E-state index is 11.4. The number of hydrogen-bond donors (Lipinski definition) is 1. The van der Waals surface area contributed by atoms with E-state index < -0.39 is 17.6 Å². The minimum Gasteiger partial charge on any atom is -0.468 e. The topological polar surface area (TPSA) is 64.6 Å². The Morgan fingerprint density at radius 3 is 2.27 bits per heavy atom. The third-order valence-corrected chi connectivity index (χ3v) is 1.54. The summed E-state index contributed by atoms with van der Waals surface area (Å²) in [6.45, 7) is 7.00. The van der Waals surface area contributed by atoms with Crippen LogP contribution < -0.4 is 5.32 Å². The van der Waals surface area contributed by atoms with Crippen molar-refractivity contribution in [3.8, 4) is 0 Å². The molecule has 5 heteroatoms. The first-order valence-electron chi connectivity index (χ1n) is 4.79. The Hall–Kier alpha value is -1.10. The van der Waals surface area contributed by atoms with E-state index in [0.29, 0.717) is 0 Å². The van der Waals surface area contributed by atoms with Gasteiger partial charge in [-0.05, 0) is 27.7 Å². The summed E-state index contributed by atoms with van der Waals surface area (Å²) in [6.07, 6.45) is 0. The fourth-order valence-corrected chi connectivity index (χ4v) is 0.782. The zero-order chi connectivity index (χ0) is 12.1. The minimum atomic E-state index is -0.525.